The van der Waals surface area contributed by atoms with Gasteiger partial charge >= 0.3 is 12.0 Å². The van der Waals surface area contributed by atoms with Crippen molar-refractivity contribution in [2.45, 2.75) is 24.8 Å². The monoisotopic (exact) mass is 496 g/mol. The number of amides is 2. The van der Waals surface area contributed by atoms with Gasteiger partial charge in [0.2, 0.25) is 0 Å². The summed E-state index contributed by atoms with van der Waals surface area (Å²) in [7, 11) is -2.74. The Balaban J connectivity index is 1.61. The Morgan fingerprint density at radius 3 is 2.23 bits per heavy atom. The molecule has 0 N–H and O–H groups in total. The molecule has 2 amide bonds. The van der Waals surface area contributed by atoms with E-state index in [2.05, 4.69) is 0 Å². The van der Waals surface area contributed by atoms with Crippen LogP contribution < -0.4 is 18.7 Å². The van der Waals surface area contributed by atoms with E-state index in [1.54, 1.807) is 31.2 Å². The molecule has 3 aromatic rings. The van der Waals surface area contributed by atoms with Crippen LogP contribution in [0.2, 0.25) is 0 Å². The first kappa shape index (κ1) is 24.1. The van der Waals surface area contributed by atoms with Gasteiger partial charge < -0.3 is 14.2 Å². The van der Waals surface area contributed by atoms with E-state index in [-0.39, 0.29) is 28.6 Å². The van der Waals surface area contributed by atoms with Crippen molar-refractivity contribution in [1.29, 1.82) is 0 Å². The number of carbonyl (C=O) groups is 2. The fraction of sp³-hybridized carbons (Fsp3) is 0.200. The summed E-state index contributed by atoms with van der Waals surface area (Å²) in [6.45, 7) is 3.42. The van der Waals surface area contributed by atoms with E-state index in [4.69, 9.17) is 14.2 Å². The molecular formula is C25H24N2O7S. The van der Waals surface area contributed by atoms with Crippen molar-refractivity contribution in [2.75, 3.05) is 22.9 Å². The highest BCUT2D eigenvalue weighted by atomic mass is 32.2. The lowest BCUT2D eigenvalue weighted by atomic mass is 10.2. The summed E-state index contributed by atoms with van der Waals surface area (Å²) in [4.78, 5) is 26.1. The molecule has 1 heterocycles. The summed E-state index contributed by atoms with van der Waals surface area (Å²) in [5.41, 5.74) is 0.313. The number of carbonyl (C=O) groups excluding carboxylic acids is 2. The third-order valence-electron chi connectivity index (χ3n) is 5.25. The molecule has 0 saturated carbocycles. The minimum Gasteiger partial charge on any atom is -0.479 e. The van der Waals surface area contributed by atoms with Crippen LogP contribution in [0.1, 0.15) is 13.8 Å². The van der Waals surface area contributed by atoms with Crippen LogP contribution in [0.3, 0.4) is 0 Å². The number of nitrogens with zero attached hydrogens (tertiary/aromatic N) is 2. The number of hydrogen-bond donors (Lipinski definition) is 0. The average Bonchev–Trinajstić information content (AvgIpc) is 2.84. The predicted octanol–water partition coefficient (Wildman–Crippen LogP) is 4.57. The minimum atomic E-state index is -4.21. The number of ether oxygens (including phenoxy) is 3. The van der Waals surface area contributed by atoms with Crippen molar-refractivity contribution >= 4 is 33.4 Å². The van der Waals surface area contributed by atoms with Crippen LogP contribution in [-0.4, -0.2) is 40.2 Å². The maximum absolute atomic E-state index is 13.4. The van der Waals surface area contributed by atoms with Crippen molar-refractivity contribution in [2.24, 2.45) is 0 Å². The van der Waals surface area contributed by atoms with Gasteiger partial charge in [0, 0.05) is 13.1 Å². The molecule has 0 bridgehead atoms. The summed E-state index contributed by atoms with van der Waals surface area (Å²) in [5.74, 6) is 0.808. The number of sulfonamides is 1. The van der Waals surface area contributed by atoms with Crippen molar-refractivity contribution in [3.63, 3.8) is 0 Å². The van der Waals surface area contributed by atoms with Crippen molar-refractivity contribution in [3.05, 3.63) is 72.8 Å². The molecule has 35 heavy (non-hydrogen) atoms. The zero-order valence-corrected chi connectivity index (χ0v) is 20.2. The molecule has 0 aliphatic carbocycles. The molecule has 0 fully saturated rings. The Morgan fingerprint density at radius 2 is 1.57 bits per heavy atom. The number of rotatable bonds is 7. The number of benzene rings is 3. The molecule has 1 aliphatic heterocycles. The Bertz CT molecular complexity index is 1340. The van der Waals surface area contributed by atoms with Crippen molar-refractivity contribution in [1.82, 2.24) is 0 Å². The highest BCUT2D eigenvalue weighted by Crippen LogP contribution is 2.39. The molecule has 0 saturated heterocycles. The fourth-order valence-electron chi connectivity index (χ4n) is 3.53. The van der Waals surface area contributed by atoms with Crippen LogP contribution in [0, 0.1) is 0 Å². The van der Waals surface area contributed by atoms with Gasteiger partial charge in [0.15, 0.2) is 6.10 Å². The first-order valence-corrected chi connectivity index (χ1v) is 12.3. The van der Waals surface area contributed by atoms with E-state index < -0.39 is 28.1 Å². The summed E-state index contributed by atoms with van der Waals surface area (Å²) in [6, 6.07) is 18.8. The molecule has 9 nitrogen and oxygen atoms in total. The Hall–Kier alpha value is -4.05. The third-order valence-corrected chi connectivity index (χ3v) is 7.00. The number of esters is 1. The van der Waals surface area contributed by atoms with Gasteiger partial charge in [0.05, 0.1) is 18.0 Å². The van der Waals surface area contributed by atoms with E-state index in [0.29, 0.717) is 11.5 Å². The molecule has 3 aromatic carbocycles. The smallest absolute Gasteiger partial charge is 0.347 e. The van der Waals surface area contributed by atoms with Gasteiger partial charge in [-0.25, -0.2) is 18.0 Å². The molecule has 0 unspecified atom stereocenters. The van der Waals surface area contributed by atoms with Crippen molar-refractivity contribution in [3.8, 4) is 17.2 Å². The van der Waals surface area contributed by atoms with Crippen LogP contribution in [0.25, 0.3) is 0 Å². The number of anilines is 2. The van der Waals surface area contributed by atoms with Crippen LogP contribution in [-0.2, 0) is 19.6 Å². The summed E-state index contributed by atoms with van der Waals surface area (Å²) in [6.07, 6.45) is -0.901. The summed E-state index contributed by atoms with van der Waals surface area (Å²) >= 11 is 0. The maximum atomic E-state index is 13.4. The van der Waals surface area contributed by atoms with Gasteiger partial charge in [0.1, 0.15) is 22.1 Å². The van der Waals surface area contributed by atoms with Crippen LogP contribution in [0.4, 0.5) is 16.2 Å². The highest BCUT2D eigenvalue weighted by Gasteiger charge is 2.41. The second kappa shape index (κ2) is 9.67. The minimum absolute atomic E-state index is 0.0691. The normalized spacial score (nSPS) is 15.2. The van der Waals surface area contributed by atoms with Crippen LogP contribution >= 0.6 is 0 Å². The second-order valence-corrected chi connectivity index (χ2v) is 9.42. The Labute approximate surface area is 203 Å². The number of fused-ring (bicyclic) bond motifs is 1. The molecular weight excluding hydrogens is 472 g/mol. The number of urea groups is 1. The van der Waals surface area contributed by atoms with Gasteiger partial charge in [-0.3, -0.25) is 4.90 Å². The first-order chi connectivity index (χ1) is 16.7. The SMILES string of the molecule is CCOC(=O)[C@@H](C)Oc1ccc2c(c1)N(C)C(=O)N(c1ccc(Oc3ccccc3)cc1)S2(=O)=O. The van der Waals surface area contributed by atoms with Gasteiger partial charge in [-0.15, -0.1) is 0 Å². The number of para-hydroxylation sites is 1. The zero-order chi connectivity index (χ0) is 25.2. The molecule has 0 radical (unpaired) electrons. The lowest BCUT2D eigenvalue weighted by molar-refractivity contribution is -0.150. The molecule has 1 aliphatic rings. The molecule has 1 atom stereocenters. The fourth-order valence-corrected chi connectivity index (χ4v) is 5.15. The van der Waals surface area contributed by atoms with Crippen LogP contribution in [0.15, 0.2) is 77.7 Å². The van der Waals surface area contributed by atoms with Gasteiger partial charge in [-0.05, 0) is 62.4 Å². The van der Waals surface area contributed by atoms with E-state index >= 15 is 0 Å². The molecule has 4 rings (SSSR count). The maximum Gasteiger partial charge on any atom is 0.347 e. The highest BCUT2D eigenvalue weighted by molar-refractivity contribution is 7.94. The van der Waals surface area contributed by atoms with E-state index in [1.807, 2.05) is 18.2 Å². The quantitative estimate of drug-likeness (QED) is 0.441. The van der Waals surface area contributed by atoms with Crippen LogP contribution in [0.5, 0.6) is 17.2 Å². The molecule has 10 heteroatoms. The Morgan fingerprint density at radius 1 is 0.943 bits per heavy atom. The van der Waals surface area contributed by atoms with Crippen molar-refractivity contribution < 1.29 is 32.2 Å². The lowest BCUT2D eigenvalue weighted by Crippen LogP contribution is -2.49. The van der Waals surface area contributed by atoms with Gasteiger partial charge in [-0.1, -0.05) is 18.2 Å². The van der Waals surface area contributed by atoms with Gasteiger partial charge in [0.25, 0.3) is 10.0 Å². The largest absolute Gasteiger partial charge is 0.479 e. The number of hydrogen-bond acceptors (Lipinski definition) is 7. The van der Waals surface area contributed by atoms with Gasteiger partial charge in [-0.2, -0.15) is 4.31 Å². The molecule has 0 aromatic heterocycles. The third kappa shape index (κ3) is 4.78. The predicted molar refractivity (Wildman–Crippen MR) is 130 cm³/mol. The standard InChI is InChI=1S/C25H24N2O7S/c1-4-32-24(28)17(2)33-21-14-15-23-22(16-21)26(3)25(29)27(35(23,30)31)18-10-12-20(13-11-18)34-19-8-6-5-7-9-19/h5-17H,4H2,1-3H3/t17-/m1/s1. The lowest BCUT2D eigenvalue weighted by Gasteiger charge is -2.34. The topological polar surface area (TPSA) is 102 Å². The molecule has 182 valence electrons. The van der Waals surface area contributed by atoms with E-state index in [1.165, 1.54) is 49.2 Å². The summed E-state index contributed by atoms with van der Waals surface area (Å²) in [5, 5.41) is 0. The second-order valence-electron chi connectivity index (χ2n) is 7.66. The average molecular weight is 497 g/mol. The van der Waals surface area contributed by atoms with E-state index in [0.717, 1.165) is 4.31 Å². The zero-order valence-electron chi connectivity index (χ0n) is 19.4. The van der Waals surface area contributed by atoms with E-state index in [9.17, 15) is 18.0 Å². The first-order valence-electron chi connectivity index (χ1n) is 10.9. The Kier molecular flexibility index (Phi) is 6.65. The molecule has 0 spiro atoms. The summed E-state index contributed by atoms with van der Waals surface area (Å²) < 4.78 is 43.8.